The summed E-state index contributed by atoms with van der Waals surface area (Å²) in [6.07, 6.45) is 4.19. The number of hydrogen-bond acceptors (Lipinski definition) is 11. The summed E-state index contributed by atoms with van der Waals surface area (Å²) in [5.41, 5.74) is -1.70. The monoisotopic (exact) mass is 696 g/mol. The number of aliphatic hydroxyl groups excluding tert-OH is 4. The molecule has 282 valence electrons. The Bertz CT molecular complexity index is 1160. The van der Waals surface area contributed by atoms with Gasteiger partial charge in [0.05, 0.1) is 42.2 Å². The van der Waals surface area contributed by atoms with Gasteiger partial charge in [0, 0.05) is 31.5 Å². The lowest BCUT2D eigenvalue weighted by molar-refractivity contribution is -0.314. The van der Waals surface area contributed by atoms with Crippen molar-refractivity contribution in [3.63, 3.8) is 0 Å². The molecule has 4 saturated carbocycles. The minimum atomic E-state index is -0.984. The molecule has 4 aliphatic carbocycles. The van der Waals surface area contributed by atoms with E-state index in [4.69, 9.17) is 28.4 Å². The summed E-state index contributed by atoms with van der Waals surface area (Å²) in [6.45, 7) is 12.1. The zero-order chi connectivity index (χ0) is 35.1. The van der Waals surface area contributed by atoms with Gasteiger partial charge in [0.2, 0.25) is 0 Å². The molecule has 7 fully saturated rings. The molecule has 49 heavy (non-hydrogen) atoms. The quantitative estimate of drug-likeness (QED) is 0.236. The van der Waals surface area contributed by atoms with Crippen LogP contribution in [0, 0.1) is 40.4 Å². The van der Waals surface area contributed by atoms with E-state index in [1.165, 1.54) is 0 Å². The van der Waals surface area contributed by atoms with Crippen molar-refractivity contribution >= 4 is 0 Å². The highest BCUT2D eigenvalue weighted by Crippen LogP contribution is 2.70. The van der Waals surface area contributed by atoms with Gasteiger partial charge in [-0.05, 0) is 120 Å². The third-order valence-electron chi connectivity index (χ3n) is 15.0. The van der Waals surface area contributed by atoms with Crippen LogP contribution in [0.1, 0.15) is 112 Å². The Morgan fingerprint density at radius 3 is 2.24 bits per heavy atom. The van der Waals surface area contributed by atoms with Crippen LogP contribution < -0.4 is 0 Å². The fourth-order valence-electron chi connectivity index (χ4n) is 12.5. The van der Waals surface area contributed by atoms with E-state index in [1.54, 1.807) is 0 Å². The van der Waals surface area contributed by atoms with Crippen LogP contribution in [0.25, 0.3) is 0 Å². The maximum Gasteiger partial charge on any atom is 0.163 e. The molecule has 0 aromatic rings. The lowest BCUT2D eigenvalue weighted by Crippen LogP contribution is -2.67. The first-order valence-corrected chi connectivity index (χ1v) is 19.4. The Labute approximate surface area is 292 Å². The topological polar surface area (TPSA) is 157 Å². The molecular formula is C38H64O11. The van der Waals surface area contributed by atoms with Crippen molar-refractivity contribution < 1.29 is 54.0 Å². The predicted molar refractivity (Wildman–Crippen MR) is 178 cm³/mol. The molecule has 3 aliphatic heterocycles. The number of fused-ring (bicyclic) bond motifs is 6. The second-order valence-corrected chi connectivity index (χ2v) is 17.9. The Balaban J connectivity index is 0.953. The third kappa shape index (κ3) is 6.16. The molecule has 0 bridgehead atoms. The lowest BCUT2D eigenvalue weighted by atomic mass is 9.42. The number of rotatable bonds is 8. The number of hydrogen-bond donors (Lipinski definition) is 5. The fourth-order valence-corrected chi connectivity index (χ4v) is 12.5. The maximum atomic E-state index is 12.5. The van der Waals surface area contributed by atoms with Gasteiger partial charge in [-0.15, -0.1) is 0 Å². The highest BCUT2D eigenvalue weighted by atomic mass is 16.8. The first-order valence-electron chi connectivity index (χ1n) is 19.4. The van der Waals surface area contributed by atoms with Crippen LogP contribution in [0.15, 0.2) is 0 Å². The van der Waals surface area contributed by atoms with Gasteiger partial charge in [-0.2, -0.15) is 0 Å². The van der Waals surface area contributed by atoms with Crippen molar-refractivity contribution in [3.8, 4) is 0 Å². The molecule has 3 heterocycles. The van der Waals surface area contributed by atoms with Crippen molar-refractivity contribution in [3.05, 3.63) is 0 Å². The average Bonchev–Trinajstić information content (AvgIpc) is 3.51. The fraction of sp³-hybridized carbons (Fsp3) is 1.00. The van der Waals surface area contributed by atoms with Crippen LogP contribution in [0.2, 0.25) is 0 Å². The first kappa shape index (κ1) is 36.9. The van der Waals surface area contributed by atoms with Crippen LogP contribution in [-0.4, -0.2) is 112 Å². The van der Waals surface area contributed by atoms with E-state index < -0.39 is 47.7 Å². The summed E-state index contributed by atoms with van der Waals surface area (Å²) in [5, 5.41) is 55.5. The van der Waals surface area contributed by atoms with E-state index in [0.717, 1.165) is 38.5 Å². The van der Waals surface area contributed by atoms with E-state index in [2.05, 4.69) is 13.8 Å². The molecular weight excluding hydrogens is 632 g/mol. The molecule has 5 N–H and O–H groups in total. The normalized spacial score (nSPS) is 54.4. The molecule has 3 saturated heterocycles. The second-order valence-electron chi connectivity index (χ2n) is 17.9. The molecule has 0 spiro atoms. The molecule has 7 aliphatic rings. The van der Waals surface area contributed by atoms with Crippen LogP contribution in [-0.2, 0) is 28.4 Å². The smallest absolute Gasteiger partial charge is 0.163 e. The highest BCUT2D eigenvalue weighted by Gasteiger charge is 2.71. The number of ether oxygens (including phenoxy) is 6. The molecule has 0 amide bonds. The standard InChI is InChI=1S/C38H64O11/c1-20-33(47-32-18-29-34(21(2)45-32)49-35(3,4)48-29)28(41)17-31(44-20)46-24-9-12-36(5)23(15-24)7-8-26-27(36)16-30(42)37(6)25(10-13-38(26,37)43)22(19-40)11-14-39/h20-34,39-43H,7-19H2,1-6H3/t20?,21?,22?,23-,24+,25-,26-,27+,28-,29-,30-,31+,32+,33?,34?,36+,37+,38+/m1/s1. The Kier molecular flexibility index (Phi) is 10.1. The Morgan fingerprint density at radius 1 is 0.796 bits per heavy atom. The summed E-state index contributed by atoms with van der Waals surface area (Å²) in [4.78, 5) is 0. The van der Waals surface area contributed by atoms with Crippen LogP contribution in [0.4, 0.5) is 0 Å². The Hall–Kier alpha value is -0.440. The molecule has 0 radical (unpaired) electrons. The van der Waals surface area contributed by atoms with Crippen LogP contribution >= 0.6 is 0 Å². The maximum absolute atomic E-state index is 12.5. The van der Waals surface area contributed by atoms with E-state index in [9.17, 15) is 25.5 Å². The predicted octanol–water partition coefficient (Wildman–Crippen LogP) is 3.64. The molecule has 7 rings (SSSR count). The minimum absolute atomic E-state index is 0.000253. The lowest BCUT2D eigenvalue weighted by Gasteiger charge is -2.65. The third-order valence-corrected chi connectivity index (χ3v) is 15.0. The minimum Gasteiger partial charge on any atom is -0.396 e. The molecule has 0 aromatic carbocycles. The van der Waals surface area contributed by atoms with Crippen molar-refractivity contribution in [1.29, 1.82) is 0 Å². The van der Waals surface area contributed by atoms with Crippen molar-refractivity contribution in [1.82, 2.24) is 0 Å². The van der Waals surface area contributed by atoms with E-state index >= 15 is 0 Å². The van der Waals surface area contributed by atoms with E-state index in [1.807, 2.05) is 27.7 Å². The van der Waals surface area contributed by atoms with Gasteiger partial charge >= 0.3 is 0 Å². The second kappa shape index (κ2) is 13.4. The van der Waals surface area contributed by atoms with E-state index in [0.29, 0.717) is 38.0 Å². The Morgan fingerprint density at radius 2 is 1.53 bits per heavy atom. The van der Waals surface area contributed by atoms with Gasteiger partial charge in [-0.1, -0.05) is 13.8 Å². The molecule has 18 atom stereocenters. The van der Waals surface area contributed by atoms with Crippen molar-refractivity contribution in [2.24, 2.45) is 40.4 Å². The van der Waals surface area contributed by atoms with Crippen LogP contribution in [0.5, 0.6) is 0 Å². The van der Waals surface area contributed by atoms with Gasteiger partial charge < -0.3 is 54.0 Å². The average molecular weight is 697 g/mol. The zero-order valence-corrected chi connectivity index (χ0v) is 30.5. The summed E-state index contributed by atoms with van der Waals surface area (Å²) in [6, 6.07) is 0. The molecule has 0 aromatic heterocycles. The van der Waals surface area contributed by atoms with Crippen LogP contribution in [0.3, 0.4) is 0 Å². The van der Waals surface area contributed by atoms with E-state index in [-0.39, 0.29) is 72.8 Å². The number of aliphatic hydroxyl groups is 5. The first-order chi connectivity index (χ1) is 23.1. The molecule has 11 heteroatoms. The van der Waals surface area contributed by atoms with Gasteiger partial charge in [-0.25, -0.2) is 0 Å². The summed E-state index contributed by atoms with van der Waals surface area (Å²) < 4.78 is 37.5. The van der Waals surface area contributed by atoms with Gasteiger partial charge in [-0.3, -0.25) is 0 Å². The van der Waals surface area contributed by atoms with Gasteiger partial charge in [0.25, 0.3) is 0 Å². The SMILES string of the molecule is CC1O[C@@H](O[C@H]2CC[C@@]3(C)[C@H](CC[C@@H]4[C@@H]3C[C@@H](O)[C@]3(C)[C@@H](C(CO)CCO)CC[C@]43O)C2)C[C@@H](O)C1O[C@H]1C[C@H]2OC(C)(C)OC2C(C)O1. The highest BCUT2D eigenvalue weighted by molar-refractivity contribution is 5.20. The zero-order valence-electron chi connectivity index (χ0n) is 30.5. The van der Waals surface area contributed by atoms with Gasteiger partial charge in [0.1, 0.15) is 12.2 Å². The van der Waals surface area contributed by atoms with Crippen molar-refractivity contribution in [2.75, 3.05) is 13.2 Å². The molecule has 5 unspecified atom stereocenters. The summed E-state index contributed by atoms with van der Waals surface area (Å²) in [7, 11) is 0. The largest absolute Gasteiger partial charge is 0.396 e. The summed E-state index contributed by atoms with van der Waals surface area (Å²) in [5.74, 6) is -0.0769. The van der Waals surface area contributed by atoms with Crippen molar-refractivity contribution in [2.45, 2.75) is 185 Å². The van der Waals surface area contributed by atoms with Gasteiger partial charge in [0.15, 0.2) is 18.4 Å². The molecule has 11 nitrogen and oxygen atoms in total. The summed E-state index contributed by atoms with van der Waals surface area (Å²) >= 11 is 0.